The van der Waals surface area contributed by atoms with Crippen molar-refractivity contribution >= 4 is 17.2 Å². The van der Waals surface area contributed by atoms with Gasteiger partial charge >= 0.3 is 5.69 Å². The molecule has 1 aromatic heterocycles. The molecular weight excluding hydrogens is 225 g/mol. The highest BCUT2D eigenvalue weighted by molar-refractivity contribution is 5.64. The molecule has 0 radical (unpaired) electrons. The van der Waals surface area contributed by atoms with Crippen molar-refractivity contribution in [2.24, 2.45) is 0 Å². The zero-order valence-corrected chi connectivity index (χ0v) is 8.63. The van der Waals surface area contributed by atoms with Crippen LogP contribution in [0.4, 0.5) is 21.6 Å². The molecule has 17 heavy (non-hydrogen) atoms. The molecule has 0 aliphatic rings. The first kappa shape index (κ1) is 11.0. The van der Waals surface area contributed by atoms with Crippen molar-refractivity contribution < 1.29 is 9.31 Å². The average Bonchev–Trinajstić information content (AvgIpc) is 2.29. The third-order valence-corrected chi connectivity index (χ3v) is 2.07. The van der Waals surface area contributed by atoms with E-state index >= 15 is 0 Å². The number of hydrogen-bond donors (Lipinski definition) is 1. The number of benzene rings is 1. The molecular formula is C11H8FN3O2. The zero-order chi connectivity index (χ0) is 12.3. The van der Waals surface area contributed by atoms with Gasteiger partial charge in [-0.2, -0.15) is 0 Å². The van der Waals surface area contributed by atoms with Gasteiger partial charge in [-0.05, 0) is 24.3 Å². The maximum atomic E-state index is 12.9. The van der Waals surface area contributed by atoms with Gasteiger partial charge in [0.25, 0.3) is 0 Å². The third kappa shape index (κ3) is 2.54. The lowest BCUT2D eigenvalue weighted by Gasteiger charge is -2.05. The van der Waals surface area contributed by atoms with Crippen molar-refractivity contribution in [3.05, 3.63) is 58.5 Å². The van der Waals surface area contributed by atoms with Gasteiger partial charge in [0, 0.05) is 18.0 Å². The highest BCUT2D eigenvalue weighted by Crippen LogP contribution is 2.24. The van der Waals surface area contributed by atoms with Crippen LogP contribution in [-0.2, 0) is 0 Å². The molecule has 2 rings (SSSR count). The van der Waals surface area contributed by atoms with Gasteiger partial charge in [0.2, 0.25) is 5.82 Å². The molecule has 0 aliphatic heterocycles. The van der Waals surface area contributed by atoms with Gasteiger partial charge in [-0.3, -0.25) is 10.1 Å². The molecule has 1 aromatic carbocycles. The molecule has 2 aromatic rings. The van der Waals surface area contributed by atoms with Crippen molar-refractivity contribution in [1.82, 2.24) is 4.98 Å². The van der Waals surface area contributed by atoms with E-state index in [-0.39, 0.29) is 11.5 Å². The summed E-state index contributed by atoms with van der Waals surface area (Å²) in [7, 11) is 0. The molecule has 86 valence electrons. The first-order valence-electron chi connectivity index (χ1n) is 4.79. The Bertz CT molecular complexity index is 560. The van der Waals surface area contributed by atoms with Crippen molar-refractivity contribution in [3.8, 4) is 0 Å². The monoisotopic (exact) mass is 233 g/mol. The molecule has 6 heteroatoms. The predicted octanol–water partition coefficient (Wildman–Crippen LogP) is 2.87. The second-order valence-corrected chi connectivity index (χ2v) is 3.26. The van der Waals surface area contributed by atoms with Crippen LogP contribution in [0.5, 0.6) is 0 Å². The number of nitrogens with one attached hydrogen (secondary N) is 1. The SMILES string of the molecule is O=[N+]([O-])c1cccnc1Nc1cccc(F)c1. The molecule has 0 saturated heterocycles. The van der Waals surface area contributed by atoms with E-state index < -0.39 is 10.7 Å². The summed E-state index contributed by atoms with van der Waals surface area (Å²) in [4.78, 5) is 14.0. The average molecular weight is 233 g/mol. The summed E-state index contributed by atoms with van der Waals surface area (Å²) in [5.41, 5.74) is 0.253. The van der Waals surface area contributed by atoms with Crippen LogP contribution in [0.25, 0.3) is 0 Å². The Morgan fingerprint density at radius 2 is 2.12 bits per heavy atom. The number of aromatic nitrogens is 1. The Balaban J connectivity index is 2.33. The minimum absolute atomic E-state index is 0.0862. The summed E-state index contributed by atoms with van der Waals surface area (Å²) < 4.78 is 12.9. The summed E-state index contributed by atoms with van der Waals surface area (Å²) >= 11 is 0. The fourth-order valence-electron chi connectivity index (χ4n) is 1.34. The molecule has 1 heterocycles. The number of pyridine rings is 1. The number of nitrogens with zero attached hydrogens (tertiary/aromatic N) is 2. The quantitative estimate of drug-likeness (QED) is 0.653. The van der Waals surface area contributed by atoms with Gasteiger partial charge in [-0.1, -0.05) is 6.07 Å². The lowest BCUT2D eigenvalue weighted by atomic mass is 10.3. The van der Waals surface area contributed by atoms with Gasteiger partial charge in [0.05, 0.1) is 4.92 Å². The molecule has 5 nitrogen and oxygen atoms in total. The smallest absolute Gasteiger partial charge is 0.311 e. The Morgan fingerprint density at radius 3 is 2.82 bits per heavy atom. The highest BCUT2D eigenvalue weighted by Gasteiger charge is 2.13. The zero-order valence-electron chi connectivity index (χ0n) is 8.63. The fraction of sp³-hybridized carbons (Fsp3) is 0. The van der Waals surface area contributed by atoms with Gasteiger partial charge in [0.15, 0.2) is 0 Å². The summed E-state index contributed by atoms with van der Waals surface area (Å²) in [5.74, 6) is -0.336. The van der Waals surface area contributed by atoms with E-state index in [1.54, 1.807) is 6.07 Å². The van der Waals surface area contributed by atoms with Crippen LogP contribution < -0.4 is 5.32 Å². The predicted molar refractivity (Wildman–Crippen MR) is 60.6 cm³/mol. The van der Waals surface area contributed by atoms with E-state index in [4.69, 9.17) is 0 Å². The van der Waals surface area contributed by atoms with Crippen LogP contribution in [0.15, 0.2) is 42.6 Å². The van der Waals surface area contributed by atoms with Crippen LogP contribution in [0.3, 0.4) is 0 Å². The van der Waals surface area contributed by atoms with Crippen molar-refractivity contribution in [2.45, 2.75) is 0 Å². The molecule has 0 amide bonds. The summed E-state index contributed by atoms with van der Waals surface area (Å²) in [5, 5.41) is 13.4. The molecule has 1 N–H and O–H groups in total. The van der Waals surface area contributed by atoms with Crippen LogP contribution >= 0.6 is 0 Å². The van der Waals surface area contributed by atoms with E-state index in [0.29, 0.717) is 5.69 Å². The highest BCUT2D eigenvalue weighted by atomic mass is 19.1. The maximum Gasteiger partial charge on any atom is 0.311 e. The van der Waals surface area contributed by atoms with E-state index in [2.05, 4.69) is 10.3 Å². The molecule has 0 atom stereocenters. The summed E-state index contributed by atoms with van der Waals surface area (Å²) in [6, 6.07) is 8.42. The topological polar surface area (TPSA) is 68.1 Å². The molecule has 0 saturated carbocycles. The second kappa shape index (κ2) is 4.56. The van der Waals surface area contributed by atoms with Crippen molar-refractivity contribution in [3.63, 3.8) is 0 Å². The van der Waals surface area contributed by atoms with Gasteiger partial charge in [0.1, 0.15) is 5.82 Å². The number of hydrogen-bond acceptors (Lipinski definition) is 4. The Kier molecular flexibility index (Phi) is 2.95. The van der Waals surface area contributed by atoms with E-state index in [0.717, 1.165) is 0 Å². The van der Waals surface area contributed by atoms with E-state index in [9.17, 15) is 14.5 Å². The molecule has 0 bridgehead atoms. The number of nitro groups is 1. The molecule has 0 unspecified atom stereocenters. The van der Waals surface area contributed by atoms with Crippen LogP contribution in [0.2, 0.25) is 0 Å². The third-order valence-electron chi connectivity index (χ3n) is 2.07. The van der Waals surface area contributed by atoms with Gasteiger partial charge in [-0.25, -0.2) is 9.37 Å². The van der Waals surface area contributed by atoms with Crippen LogP contribution in [-0.4, -0.2) is 9.91 Å². The van der Waals surface area contributed by atoms with Crippen molar-refractivity contribution in [1.29, 1.82) is 0 Å². The Hall–Kier alpha value is -2.50. The first-order valence-corrected chi connectivity index (χ1v) is 4.79. The Morgan fingerprint density at radius 1 is 1.29 bits per heavy atom. The number of halogens is 1. The number of anilines is 2. The lowest BCUT2D eigenvalue weighted by Crippen LogP contribution is -1.99. The lowest BCUT2D eigenvalue weighted by molar-refractivity contribution is -0.384. The second-order valence-electron chi connectivity index (χ2n) is 3.26. The largest absolute Gasteiger partial charge is 0.334 e. The maximum absolute atomic E-state index is 12.9. The van der Waals surface area contributed by atoms with Gasteiger partial charge < -0.3 is 5.32 Å². The van der Waals surface area contributed by atoms with Gasteiger partial charge in [-0.15, -0.1) is 0 Å². The Labute approximate surface area is 96.1 Å². The van der Waals surface area contributed by atoms with E-state index in [1.165, 1.54) is 36.5 Å². The summed E-state index contributed by atoms with van der Waals surface area (Å²) in [6.07, 6.45) is 1.43. The van der Waals surface area contributed by atoms with Crippen molar-refractivity contribution in [2.75, 3.05) is 5.32 Å². The van der Waals surface area contributed by atoms with Crippen LogP contribution in [0, 0.1) is 15.9 Å². The summed E-state index contributed by atoms with van der Waals surface area (Å²) in [6.45, 7) is 0. The normalized spacial score (nSPS) is 9.94. The number of rotatable bonds is 3. The molecule has 0 fully saturated rings. The minimum Gasteiger partial charge on any atom is -0.334 e. The fourth-order valence-corrected chi connectivity index (χ4v) is 1.34. The van der Waals surface area contributed by atoms with E-state index in [1.807, 2.05) is 0 Å². The minimum atomic E-state index is -0.547. The van der Waals surface area contributed by atoms with Crippen LogP contribution in [0.1, 0.15) is 0 Å². The first-order chi connectivity index (χ1) is 8.16. The molecule has 0 aliphatic carbocycles. The molecule has 0 spiro atoms. The standard InChI is InChI=1S/C11H8FN3O2/c12-8-3-1-4-9(7-8)14-11-10(15(16)17)5-2-6-13-11/h1-7H,(H,13,14).